The molecule has 0 spiro atoms. The summed E-state index contributed by atoms with van der Waals surface area (Å²) in [5.74, 6) is 0.647. The maximum absolute atomic E-state index is 12.5. The first-order valence-electron chi connectivity index (χ1n) is 7.86. The van der Waals surface area contributed by atoms with Crippen molar-refractivity contribution < 1.29 is 9.53 Å². The number of aromatic nitrogens is 1. The molecular weight excluding hydrogens is 332 g/mol. The molecule has 4 aromatic rings. The predicted octanol–water partition coefficient (Wildman–Crippen LogP) is 4.95. The topological polar surface area (TPSA) is 43.3 Å². The maximum Gasteiger partial charge on any atom is 0.265 e. The van der Waals surface area contributed by atoms with Gasteiger partial charge in [0.15, 0.2) is 0 Å². The van der Waals surface area contributed by atoms with Crippen molar-refractivity contribution in [1.82, 2.24) is 4.57 Å². The highest BCUT2D eigenvalue weighted by molar-refractivity contribution is 7.16. The van der Waals surface area contributed by atoms with E-state index in [2.05, 4.69) is 28.1 Å². The van der Waals surface area contributed by atoms with E-state index in [1.54, 1.807) is 7.11 Å². The van der Waals surface area contributed by atoms with E-state index >= 15 is 0 Å². The number of nitrogens with zero attached hydrogens (tertiary/aromatic N) is 1. The lowest BCUT2D eigenvalue weighted by Gasteiger charge is -2.05. The van der Waals surface area contributed by atoms with E-state index in [4.69, 9.17) is 4.74 Å². The molecule has 25 heavy (non-hydrogen) atoms. The average molecular weight is 348 g/mol. The van der Waals surface area contributed by atoms with Crippen molar-refractivity contribution in [3.8, 4) is 10.8 Å². The Bertz CT molecular complexity index is 1030. The number of hydrogen-bond acceptors (Lipinski definition) is 3. The second-order valence-electron chi connectivity index (χ2n) is 5.57. The Morgan fingerprint density at radius 1 is 1.00 bits per heavy atom. The summed E-state index contributed by atoms with van der Waals surface area (Å²) in [5, 5.41) is 5.11. The van der Waals surface area contributed by atoms with Gasteiger partial charge in [0.05, 0.1) is 17.5 Å². The third-order valence-electron chi connectivity index (χ3n) is 4.00. The molecule has 124 valence electrons. The first-order valence-corrected chi connectivity index (χ1v) is 8.68. The number of rotatable bonds is 4. The number of ether oxygens (including phenoxy) is 1. The van der Waals surface area contributed by atoms with Crippen molar-refractivity contribution in [3.05, 3.63) is 77.8 Å². The fourth-order valence-electron chi connectivity index (χ4n) is 2.72. The van der Waals surface area contributed by atoms with Gasteiger partial charge in [0.2, 0.25) is 0 Å². The Kier molecular flexibility index (Phi) is 3.99. The van der Waals surface area contributed by atoms with Gasteiger partial charge >= 0.3 is 0 Å². The molecule has 4 nitrogen and oxygen atoms in total. The minimum absolute atomic E-state index is 0.113. The van der Waals surface area contributed by atoms with Crippen molar-refractivity contribution in [2.75, 3.05) is 12.4 Å². The highest BCUT2D eigenvalue weighted by Crippen LogP contribution is 2.27. The van der Waals surface area contributed by atoms with Gasteiger partial charge in [-0.05, 0) is 53.9 Å². The summed E-state index contributed by atoms with van der Waals surface area (Å²) in [7, 11) is 1.62. The lowest BCUT2D eigenvalue weighted by atomic mass is 10.2. The molecule has 0 unspecified atom stereocenters. The molecule has 5 heteroatoms. The molecule has 1 N–H and O–H groups in total. The summed E-state index contributed by atoms with van der Waals surface area (Å²) < 4.78 is 7.23. The number of anilines is 1. The van der Waals surface area contributed by atoms with E-state index in [1.165, 1.54) is 16.7 Å². The Balaban J connectivity index is 1.57. The molecule has 0 aliphatic rings. The molecule has 0 atom stereocenters. The first kappa shape index (κ1) is 15.5. The van der Waals surface area contributed by atoms with Gasteiger partial charge in [0, 0.05) is 11.9 Å². The van der Waals surface area contributed by atoms with Crippen LogP contribution in [0.4, 0.5) is 5.69 Å². The van der Waals surface area contributed by atoms with Crippen LogP contribution in [0.1, 0.15) is 9.67 Å². The summed E-state index contributed by atoms with van der Waals surface area (Å²) >= 11 is 1.47. The van der Waals surface area contributed by atoms with Gasteiger partial charge in [0.1, 0.15) is 10.8 Å². The van der Waals surface area contributed by atoms with E-state index in [-0.39, 0.29) is 5.91 Å². The number of fused-ring (bicyclic) bond motifs is 1. The number of methoxy groups -OCH3 is 1. The normalized spacial score (nSPS) is 10.8. The van der Waals surface area contributed by atoms with E-state index in [0.29, 0.717) is 4.88 Å². The third kappa shape index (κ3) is 3.02. The number of para-hydroxylation sites is 1. The fraction of sp³-hybridized carbons (Fsp3) is 0.0500. The molecule has 4 rings (SSSR count). The Morgan fingerprint density at radius 2 is 1.80 bits per heavy atom. The van der Waals surface area contributed by atoms with Crippen molar-refractivity contribution in [2.45, 2.75) is 0 Å². The number of carbonyl (C=O) groups excluding carboxylic acids is 1. The average Bonchev–Trinajstić information content (AvgIpc) is 3.29. The number of hydrogen-bond donors (Lipinski definition) is 1. The van der Waals surface area contributed by atoms with Crippen LogP contribution in [0.2, 0.25) is 0 Å². The van der Waals surface area contributed by atoms with E-state index < -0.39 is 0 Å². The zero-order chi connectivity index (χ0) is 17.2. The summed E-state index contributed by atoms with van der Waals surface area (Å²) in [4.78, 5) is 13.1. The van der Waals surface area contributed by atoms with Gasteiger partial charge < -0.3 is 14.6 Å². The van der Waals surface area contributed by atoms with Gasteiger partial charge in [-0.1, -0.05) is 18.2 Å². The van der Waals surface area contributed by atoms with E-state index in [9.17, 15) is 4.79 Å². The summed E-state index contributed by atoms with van der Waals surface area (Å²) in [6.07, 6.45) is 2.03. The smallest absolute Gasteiger partial charge is 0.265 e. The van der Waals surface area contributed by atoms with Crippen LogP contribution in [0.5, 0.6) is 5.75 Å². The Labute approximate surface area is 149 Å². The van der Waals surface area contributed by atoms with Gasteiger partial charge in [-0.25, -0.2) is 0 Å². The zero-order valence-electron chi connectivity index (χ0n) is 13.6. The molecule has 2 aromatic heterocycles. The van der Waals surface area contributed by atoms with Crippen LogP contribution in [-0.2, 0) is 0 Å². The third-order valence-corrected chi connectivity index (χ3v) is 5.08. The molecule has 0 saturated carbocycles. The van der Waals surface area contributed by atoms with Crippen molar-refractivity contribution in [1.29, 1.82) is 0 Å². The zero-order valence-corrected chi connectivity index (χ0v) is 14.4. The molecular formula is C20H16N2O2S. The van der Waals surface area contributed by atoms with Gasteiger partial charge in [-0.3, -0.25) is 4.79 Å². The number of benzene rings is 2. The lowest BCUT2D eigenvalue weighted by Crippen LogP contribution is -2.09. The predicted molar refractivity (Wildman–Crippen MR) is 102 cm³/mol. The lowest BCUT2D eigenvalue weighted by molar-refractivity contribution is 0.103. The summed E-state index contributed by atoms with van der Waals surface area (Å²) in [6, 6.07) is 21.4. The quantitative estimate of drug-likeness (QED) is 0.567. The number of amides is 1. The monoisotopic (exact) mass is 348 g/mol. The summed E-state index contributed by atoms with van der Waals surface area (Å²) in [5.41, 5.74) is 1.87. The van der Waals surface area contributed by atoms with Crippen LogP contribution >= 0.6 is 11.3 Å². The molecule has 0 fully saturated rings. The number of nitrogens with one attached hydrogen (secondary N) is 1. The van der Waals surface area contributed by atoms with Crippen molar-refractivity contribution in [2.24, 2.45) is 0 Å². The molecule has 0 aliphatic carbocycles. The van der Waals surface area contributed by atoms with Crippen LogP contribution in [0.25, 0.3) is 15.9 Å². The van der Waals surface area contributed by atoms with Crippen LogP contribution in [-0.4, -0.2) is 17.6 Å². The molecule has 0 radical (unpaired) electrons. The van der Waals surface area contributed by atoms with Crippen LogP contribution in [0, 0.1) is 0 Å². The van der Waals surface area contributed by atoms with Gasteiger partial charge in [0.25, 0.3) is 5.91 Å². The maximum atomic E-state index is 12.5. The molecule has 0 saturated heterocycles. The van der Waals surface area contributed by atoms with Gasteiger partial charge in [-0.15, -0.1) is 11.3 Å². The van der Waals surface area contributed by atoms with Crippen LogP contribution < -0.4 is 10.1 Å². The molecule has 2 heterocycles. The Morgan fingerprint density at radius 3 is 2.60 bits per heavy atom. The molecule has 1 amide bonds. The van der Waals surface area contributed by atoms with Crippen LogP contribution in [0.15, 0.2) is 72.9 Å². The van der Waals surface area contributed by atoms with E-state index in [1.807, 2.05) is 54.7 Å². The van der Waals surface area contributed by atoms with Gasteiger partial charge in [-0.2, -0.15) is 0 Å². The minimum Gasteiger partial charge on any atom is -0.497 e. The van der Waals surface area contributed by atoms with Crippen LogP contribution in [0.3, 0.4) is 0 Å². The highest BCUT2D eigenvalue weighted by Gasteiger charge is 2.12. The SMILES string of the molecule is COc1ccc(NC(=O)c2ccc(-n3ccc4ccccc43)s2)cc1. The fourth-order valence-corrected chi connectivity index (χ4v) is 3.62. The molecule has 0 bridgehead atoms. The second kappa shape index (κ2) is 6.45. The summed E-state index contributed by atoms with van der Waals surface area (Å²) in [6.45, 7) is 0. The highest BCUT2D eigenvalue weighted by atomic mass is 32.1. The standard InChI is InChI=1S/C20H16N2O2S/c1-24-16-8-6-15(7-9-16)21-20(23)18-10-11-19(25-18)22-13-12-14-4-2-3-5-17(14)22/h2-13H,1H3,(H,21,23). The van der Waals surface area contributed by atoms with Crippen molar-refractivity contribution in [3.63, 3.8) is 0 Å². The largest absolute Gasteiger partial charge is 0.497 e. The molecule has 0 aliphatic heterocycles. The van der Waals surface area contributed by atoms with Crippen molar-refractivity contribution >= 4 is 33.8 Å². The van der Waals surface area contributed by atoms with E-state index in [0.717, 1.165) is 22.0 Å². The molecule has 2 aromatic carbocycles. The Hall–Kier alpha value is -3.05. The number of carbonyl (C=O) groups is 1. The number of thiophene rings is 1. The second-order valence-corrected chi connectivity index (χ2v) is 6.63. The first-order chi connectivity index (χ1) is 12.2. The minimum atomic E-state index is -0.113.